The maximum atomic E-state index is 12.5. The van der Waals surface area contributed by atoms with Crippen LogP contribution in [-0.2, 0) is 4.74 Å². The average Bonchev–Trinajstić information content (AvgIpc) is 3.74. The fraction of sp³-hybridized carbons (Fsp3) is 0.387. The lowest BCUT2D eigenvalue weighted by molar-refractivity contribution is 0.0601. The molecule has 2 aliphatic carbocycles. The van der Waals surface area contributed by atoms with Gasteiger partial charge in [-0.2, -0.15) is 0 Å². The molecule has 0 aliphatic heterocycles. The van der Waals surface area contributed by atoms with Crippen LogP contribution in [0.5, 0.6) is 5.75 Å². The summed E-state index contributed by atoms with van der Waals surface area (Å²) in [7, 11) is 3.50. The first-order chi connectivity index (χ1) is 17.5. The molecule has 2 fully saturated rings. The molecule has 1 N–H and O–H groups in total. The van der Waals surface area contributed by atoms with Gasteiger partial charge >= 0.3 is 5.97 Å². The number of benzene rings is 3. The lowest BCUT2D eigenvalue weighted by atomic mass is 9.84. The number of hydrogen-bond donors (Lipinski definition) is 1. The number of nitrogens with one attached hydrogen (secondary N) is 1. The summed E-state index contributed by atoms with van der Waals surface area (Å²) in [5.41, 5.74) is 6.96. The Morgan fingerprint density at radius 2 is 1.56 bits per heavy atom. The van der Waals surface area contributed by atoms with E-state index < -0.39 is 0 Å². The van der Waals surface area contributed by atoms with Gasteiger partial charge in [0.2, 0.25) is 0 Å². The monoisotopic (exact) mass is 484 g/mol. The molecule has 3 aromatic carbocycles. The quantitative estimate of drug-likeness (QED) is 0.330. The van der Waals surface area contributed by atoms with Crippen LogP contribution in [0.2, 0.25) is 0 Å². The average molecular weight is 485 g/mol. The molecule has 2 saturated carbocycles. The largest absolute Gasteiger partial charge is 0.490 e. The van der Waals surface area contributed by atoms with E-state index in [4.69, 9.17) is 9.47 Å². The first-order valence-electron chi connectivity index (χ1n) is 13.1. The number of carbonyl (C=O) groups is 1. The molecule has 0 atom stereocenters. The van der Waals surface area contributed by atoms with Gasteiger partial charge in [-0.25, -0.2) is 4.79 Å². The van der Waals surface area contributed by atoms with E-state index in [1.807, 2.05) is 12.1 Å². The smallest absolute Gasteiger partial charge is 0.340 e. The molecule has 0 unspecified atom stereocenters. The van der Waals surface area contributed by atoms with Gasteiger partial charge in [0.05, 0.1) is 24.5 Å². The van der Waals surface area contributed by atoms with Gasteiger partial charge in [0.25, 0.3) is 0 Å². The number of methoxy groups -OCH3 is 1. The molecular weight excluding hydrogens is 448 g/mol. The van der Waals surface area contributed by atoms with Crippen LogP contribution < -0.4 is 15.0 Å². The van der Waals surface area contributed by atoms with Crippen LogP contribution in [0.4, 0.5) is 22.7 Å². The molecule has 5 nitrogen and oxygen atoms in total. The van der Waals surface area contributed by atoms with Crippen molar-refractivity contribution in [3.8, 4) is 5.75 Å². The predicted octanol–water partition coefficient (Wildman–Crippen LogP) is 7.88. The Bertz CT molecular complexity index is 1210. The van der Waals surface area contributed by atoms with Gasteiger partial charge in [0.15, 0.2) is 0 Å². The topological polar surface area (TPSA) is 50.8 Å². The van der Waals surface area contributed by atoms with Crippen molar-refractivity contribution in [1.29, 1.82) is 0 Å². The zero-order chi connectivity index (χ0) is 25.1. The SMILES string of the molecule is COC(=O)c1cc(OC2CC2)ccc1Nc1ccc(N(C)c2ccc(C3CCCCC3)cc2)cc1C. The second kappa shape index (κ2) is 10.7. The van der Waals surface area contributed by atoms with E-state index in [0.29, 0.717) is 17.0 Å². The first-order valence-corrected chi connectivity index (χ1v) is 13.1. The normalized spacial score (nSPS) is 15.9. The fourth-order valence-electron chi connectivity index (χ4n) is 5.06. The summed E-state index contributed by atoms with van der Waals surface area (Å²) in [6.45, 7) is 2.08. The molecular formula is C31H36N2O3. The third-order valence-electron chi connectivity index (χ3n) is 7.45. The predicted molar refractivity (Wildman–Crippen MR) is 146 cm³/mol. The number of rotatable bonds is 8. The van der Waals surface area contributed by atoms with Crippen molar-refractivity contribution in [3.05, 3.63) is 77.4 Å². The minimum absolute atomic E-state index is 0.268. The molecule has 0 radical (unpaired) electrons. The molecule has 5 rings (SSSR count). The Morgan fingerprint density at radius 3 is 2.22 bits per heavy atom. The highest BCUT2D eigenvalue weighted by Crippen LogP contribution is 2.36. The summed E-state index contributed by atoms with van der Waals surface area (Å²) in [6, 6.07) is 21.0. The van der Waals surface area contributed by atoms with Crippen LogP contribution in [0.25, 0.3) is 0 Å². The number of ether oxygens (including phenoxy) is 2. The lowest BCUT2D eigenvalue weighted by Gasteiger charge is -2.24. The molecule has 5 heteroatoms. The van der Waals surface area contributed by atoms with Gasteiger partial charge in [-0.05, 0) is 98.2 Å². The highest BCUT2D eigenvalue weighted by molar-refractivity contribution is 5.97. The molecule has 188 valence electrons. The fourth-order valence-corrected chi connectivity index (χ4v) is 5.06. The van der Waals surface area contributed by atoms with Crippen LogP contribution >= 0.6 is 0 Å². The Labute approximate surface area is 214 Å². The highest BCUT2D eigenvalue weighted by atomic mass is 16.5. The van der Waals surface area contributed by atoms with Crippen LogP contribution in [-0.4, -0.2) is 26.2 Å². The third-order valence-corrected chi connectivity index (χ3v) is 7.45. The number of esters is 1. The van der Waals surface area contributed by atoms with Crippen molar-refractivity contribution < 1.29 is 14.3 Å². The molecule has 0 spiro atoms. The Balaban J connectivity index is 1.31. The van der Waals surface area contributed by atoms with E-state index >= 15 is 0 Å². The highest BCUT2D eigenvalue weighted by Gasteiger charge is 2.24. The van der Waals surface area contributed by atoms with E-state index in [0.717, 1.165) is 35.7 Å². The molecule has 0 aromatic heterocycles. The minimum Gasteiger partial charge on any atom is -0.490 e. The van der Waals surface area contributed by atoms with Crippen molar-refractivity contribution >= 4 is 28.7 Å². The first kappa shape index (κ1) is 24.2. The van der Waals surface area contributed by atoms with E-state index in [1.165, 1.54) is 50.5 Å². The zero-order valence-corrected chi connectivity index (χ0v) is 21.5. The Kier molecular flexibility index (Phi) is 7.17. The molecule has 2 aliphatic rings. The van der Waals surface area contributed by atoms with Crippen molar-refractivity contribution in [2.24, 2.45) is 0 Å². The Hall–Kier alpha value is -3.47. The van der Waals surface area contributed by atoms with Crippen molar-refractivity contribution in [1.82, 2.24) is 0 Å². The van der Waals surface area contributed by atoms with E-state index in [-0.39, 0.29) is 12.1 Å². The van der Waals surface area contributed by atoms with Crippen molar-refractivity contribution in [2.75, 3.05) is 24.4 Å². The second-order valence-electron chi connectivity index (χ2n) is 10.1. The van der Waals surface area contributed by atoms with Gasteiger partial charge in [0, 0.05) is 24.1 Å². The number of anilines is 4. The Morgan fingerprint density at radius 1 is 0.861 bits per heavy atom. The summed E-state index contributed by atoms with van der Waals surface area (Å²) in [5.74, 6) is 1.03. The molecule has 3 aromatic rings. The van der Waals surface area contributed by atoms with Crippen LogP contribution in [0.1, 0.15) is 72.3 Å². The van der Waals surface area contributed by atoms with Crippen LogP contribution in [0.15, 0.2) is 60.7 Å². The molecule has 36 heavy (non-hydrogen) atoms. The summed E-state index contributed by atoms with van der Waals surface area (Å²) >= 11 is 0. The number of aryl methyl sites for hydroxylation is 1. The standard InChI is InChI=1S/C31H36N2O3/c1-21-19-25(33(2)24-11-9-23(10-12-24)22-7-5-4-6-8-22)13-17-29(21)32-30-18-16-27(36-26-14-15-26)20-28(30)31(34)35-3/h9-13,16-20,22,26,32H,4-8,14-15H2,1-3H3. The van der Waals surface area contributed by atoms with Crippen molar-refractivity contribution in [3.63, 3.8) is 0 Å². The van der Waals surface area contributed by atoms with Crippen molar-refractivity contribution in [2.45, 2.75) is 63.9 Å². The lowest BCUT2D eigenvalue weighted by Crippen LogP contribution is -2.11. The molecule has 0 saturated heterocycles. The number of hydrogen-bond acceptors (Lipinski definition) is 5. The van der Waals surface area contributed by atoms with Gasteiger partial charge in [0.1, 0.15) is 5.75 Å². The summed E-state index contributed by atoms with van der Waals surface area (Å²) in [4.78, 5) is 14.7. The third kappa shape index (κ3) is 5.51. The van der Waals surface area contributed by atoms with E-state index in [9.17, 15) is 4.79 Å². The molecule has 0 amide bonds. The number of carbonyl (C=O) groups excluding carboxylic acids is 1. The molecule has 0 heterocycles. The maximum absolute atomic E-state index is 12.5. The van der Waals surface area contributed by atoms with Crippen LogP contribution in [0, 0.1) is 6.92 Å². The van der Waals surface area contributed by atoms with E-state index in [1.54, 1.807) is 6.07 Å². The van der Waals surface area contributed by atoms with E-state index in [2.05, 4.69) is 66.7 Å². The second-order valence-corrected chi connectivity index (χ2v) is 10.1. The van der Waals surface area contributed by atoms with Gasteiger partial charge in [-0.15, -0.1) is 0 Å². The van der Waals surface area contributed by atoms with Gasteiger partial charge in [-0.3, -0.25) is 0 Å². The zero-order valence-electron chi connectivity index (χ0n) is 21.5. The van der Waals surface area contributed by atoms with Gasteiger partial charge in [-0.1, -0.05) is 31.4 Å². The number of nitrogens with zero attached hydrogens (tertiary/aromatic N) is 1. The molecule has 0 bridgehead atoms. The van der Waals surface area contributed by atoms with Crippen LogP contribution in [0.3, 0.4) is 0 Å². The summed E-state index contributed by atoms with van der Waals surface area (Å²) in [6.07, 6.45) is 9.12. The van der Waals surface area contributed by atoms with Gasteiger partial charge < -0.3 is 19.7 Å². The summed E-state index contributed by atoms with van der Waals surface area (Å²) < 4.78 is 10.9. The maximum Gasteiger partial charge on any atom is 0.340 e. The minimum atomic E-state index is -0.385. The summed E-state index contributed by atoms with van der Waals surface area (Å²) in [5, 5.41) is 3.43.